The van der Waals surface area contributed by atoms with Gasteiger partial charge in [0.25, 0.3) is 5.91 Å². The lowest BCUT2D eigenvalue weighted by atomic mass is 10.0. The summed E-state index contributed by atoms with van der Waals surface area (Å²) >= 11 is 0. The standard InChI is InChI=1S/C23H28N2O3/c1-24(23(26)19-9-10-21-22(16-19)28-15-14-27-21)20-8-5-12-25(17-20)13-11-18-6-3-2-4-7-18/h2-4,6-7,9-10,16,20H,5,8,11-15,17H2,1H3. The van der Waals surface area contributed by atoms with Crippen molar-refractivity contribution in [3.8, 4) is 11.5 Å². The second kappa shape index (κ2) is 8.65. The molecular formula is C23H28N2O3. The third-order valence-corrected chi connectivity index (χ3v) is 5.70. The minimum absolute atomic E-state index is 0.0480. The topological polar surface area (TPSA) is 42.0 Å². The Morgan fingerprint density at radius 2 is 1.89 bits per heavy atom. The van der Waals surface area contributed by atoms with Crippen LogP contribution >= 0.6 is 0 Å². The summed E-state index contributed by atoms with van der Waals surface area (Å²) in [6, 6.07) is 16.3. The fourth-order valence-corrected chi connectivity index (χ4v) is 4.03. The number of amides is 1. The number of carbonyl (C=O) groups excluding carboxylic acids is 1. The van der Waals surface area contributed by atoms with Gasteiger partial charge in [0.15, 0.2) is 11.5 Å². The summed E-state index contributed by atoms with van der Waals surface area (Å²) in [6.07, 6.45) is 3.22. The first-order valence-electron chi connectivity index (χ1n) is 10.1. The monoisotopic (exact) mass is 380 g/mol. The van der Waals surface area contributed by atoms with Crippen LogP contribution in [0.3, 0.4) is 0 Å². The van der Waals surface area contributed by atoms with E-state index in [1.165, 1.54) is 5.56 Å². The normalized spacial score (nSPS) is 19.2. The summed E-state index contributed by atoms with van der Waals surface area (Å²) in [5, 5.41) is 0. The molecule has 2 heterocycles. The van der Waals surface area contributed by atoms with Crippen LogP contribution in [-0.4, -0.2) is 61.6 Å². The van der Waals surface area contributed by atoms with Crippen molar-refractivity contribution >= 4 is 5.91 Å². The van der Waals surface area contributed by atoms with E-state index >= 15 is 0 Å². The average molecular weight is 380 g/mol. The van der Waals surface area contributed by atoms with Crippen LogP contribution in [0.1, 0.15) is 28.8 Å². The van der Waals surface area contributed by atoms with Crippen molar-refractivity contribution in [2.75, 3.05) is 39.9 Å². The summed E-state index contributed by atoms with van der Waals surface area (Å²) in [5.74, 6) is 1.43. The number of benzene rings is 2. The predicted molar refractivity (Wildman–Crippen MR) is 109 cm³/mol. The van der Waals surface area contributed by atoms with Crippen molar-refractivity contribution in [1.29, 1.82) is 0 Å². The van der Waals surface area contributed by atoms with Crippen molar-refractivity contribution in [2.45, 2.75) is 25.3 Å². The molecule has 1 amide bonds. The second-order valence-electron chi connectivity index (χ2n) is 7.61. The predicted octanol–water partition coefficient (Wildman–Crippen LogP) is 3.24. The van der Waals surface area contributed by atoms with E-state index in [9.17, 15) is 4.79 Å². The molecular weight excluding hydrogens is 352 g/mol. The van der Waals surface area contributed by atoms with Gasteiger partial charge >= 0.3 is 0 Å². The Bertz CT molecular complexity index is 809. The van der Waals surface area contributed by atoms with Crippen LogP contribution in [0.2, 0.25) is 0 Å². The van der Waals surface area contributed by atoms with Crippen LogP contribution in [0.25, 0.3) is 0 Å². The zero-order valence-corrected chi connectivity index (χ0v) is 16.5. The first-order chi connectivity index (χ1) is 13.7. The molecule has 0 N–H and O–H groups in total. The molecule has 5 nitrogen and oxygen atoms in total. The van der Waals surface area contributed by atoms with Crippen LogP contribution in [-0.2, 0) is 6.42 Å². The SMILES string of the molecule is CN(C(=O)c1ccc2c(c1)OCCO2)C1CCCN(CCc2ccccc2)C1. The summed E-state index contributed by atoms with van der Waals surface area (Å²) in [5.41, 5.74) is 2.03. The third kappa shape index (κ3) is 4.30. The molecule has 2 aliphatic heterocycles. The Labute approximate surface area is 166 Å². The van der Waals surface area contributed by atoms with Crippen LogP contribution in [0.4, 0.5) is 0 Å². The molecule has 2 aromatic carbocycles. The molecule has 4 rings (SSSR count). The van der Waals surface area contributed by atoms with E-state index in [1.54, 1.807) is 0 Å². The molecule has 0 aliphatic carbocycles. The molecule has 1 saturated heterocycles. The molecule has 2 aromatic rings. The van der Waals surface area contributed by atoms with E-state index in [0.29, 0.717) is 24.5 Å². The first kappa shape index (κ1) is 18.8. The number of piperidine rings is 1. The summed E-state index contributed by atoms with van der Waals surface area (Å²) in [4.78, 5) is 17.4. The van der Waals surface area contributed by atoms with Crippen LogP contribution < -0.4 is 9.47 Å². The van der Waals surface area contributed by atoms with Gasteiger partial charge in [0, 0.05) is 31.7 Å². The van der Waals surface area contributed by atoms with E-state index in [-0.39, 0.29) is 11.9 Å². The molecule has 0 saturated carbocycles. The molecule has 28 heavy (non-hydrogen) atoms. The molecule has 1 unspecified atom stereocenters. The zero-order valence-electron chi connectivity index (χ0n) is 16.5. The minimum atomic E-state index is 0.0480. The van der Waals surface area contributed by atoms with Crippen LogP contribution in [0.5, 0.6) is 11.5 Å². The Balaban J connectivity index is 1.37. The highest BCUT2D eigenvalue weighted by Gasteiger charge is 2.27. The number of likely N-dealkylation sites (N-methyl/N-ethyl adjacent to an activating group) is 1. The lowest BCUT2D eigenvalue weighted by molar-refractivity contribution is 0.0618. The summed E-state index contributed by atoms with van der Waals surface area (Å²) < 4.78 is 11.2. The smallest absolute Gasteiger partial charge is 0.254 e. The van der Waals surface area contributed by atoms with E-state index in [4.69, 9.17) is 9.47 Å². The van der Waals surface area contributed by atoms with Crippen LogP contribution in [0, 0.1) is 0 Å². The fraction of sp³-hybridized carbons (Fsp3) is 0.435. The minimum Gasteiger partial charge on any atom is -0.486 e. The highest BCUT2D eigenvalue weighted by molar-refractivity contribution is 5.95. The average Bonchev–Trinajstić information content (AvgIpc) is 2.77. The van der Waals surface area contributed by atoms with Gasteiger partial charge < -0.3 is 19.3 Å². The van der Waals surface area contributed by atoms with E-state index < -0.39 is 0 Å². The third-order valence-electron chi connectivity index (χ3n) is 5.70. The van der Waals surface area contributed by atoms with Crippen molar-refractivity contribution in [1.82, 2.24) is 9.80 Å². The molecule has 5 heteroatoms. The molecule has 1 fully saturated rings. The fourth-order valence-electron chi connectivity index (χ4n) is 4.03. The zero-order chi connectivity index (χ0) is 19.3. The lowest BCUT2D eigenvalue weighted by Gasteiger charge is -2.37. The molecule has 0 radical (unpaired) electrons. The Hall–Kier alpha value is -2.53. The van der Waals surface area contributed by atoms with Gasteiger partial charge in [-0.2, -0.15) is 0 Å². The Morgan fingerprint density at radius 3 is 2.71 bits per heavy atom. The number of nitrogens with zero attached hydrogens (tertiary/aromatic N) is 2. The van der Waals surface area contributed by atoms with Crippen LogP contribution in [0.15, 0.2) is 48.5 Å². The van der Waals surface area contributed by atoms with Gasteiger partial charge in [0.05, 0.1) is 0 Å². The Morgan fingerprint density at radius 1 is 1.11 bits per heavy atom. The lowest BCUT2D eigenvalue weighted by Crippen LogP contribution is -2.49. The second-order valence-corrected chi connectivity index (χ2v) is 7.61. The maximum Gasteiger partial charge on any atom is 0.254 e. The van der Waals surface area contributed by atoms with Gasteiger partial charge in [-0.1, -0.05) is 30.3 Å². The number of fused-ring (bicyclic) bond motifs is 1. The van der Waals surface area contributed by atoms with Crippen molar-refractivity contribution < 1.29 is 14.3 Å². The number of hydrogen-bond donors (Lipinski definition) is 0. The van der Waals surface area contributed by atoms with Gasteiger partial charge in [-0.05, 0) is 49.6 Å². The molecule has 0 aromatic heterocycles. The Kier molecular flexibility index (Phi) is 5.81. The number of hydrogen-bond acceptors (Lipinski definition) is 4. The van der Waals surface area contributed by atoms with E-state index in [2.05, 4.69) is 35.2 Å². The summed E-state index contributed by atoms with van der Waals surface area (Å²) in [7, 11) is 1.92. The highest BCUT2D eigenvalue weighted by atomic mass is 16.6. The molecule has 148 valence electrons. The molecule has 0 bridgehead atoms. The van der Waals surface area contributed by atoms with Crippen molar-refractivity contribution in [2.24, 2.45) is 0 Å². The van der Waals surface area contributed by atoms with E-state index in [1.807, 2.05) is 30.1 Å². The van der Waals surface area contributed by atoms with Gasteiger partial charge in [-0.3, -0.25) is 4.79 Å². The summed E-state index contributed by atoms with van der Waals surface area (Å²) in [6.45, 7) is 4.15. The first-order valence-corrected chi connectivity index (χ1v) is 10.1. The maximum absolute atomic E-state index is 13.0. The van der Waals surface area contributed by atoms with Crippen molar-refractivity contribution in [3.63, 3.8) is 0 Å². The number of carbonyl (C=O) groups is 1. The van der Waals surface area contributed by atoms with Crippen molar-refractivity contribution in [3.05, 3.63) is 59.7 Å². The quantitative estimate of drug-likeness (QED) is 0.799. The van der Waals surface area contributed by atoms with Gasteiger partial charge in [-0.25, -0.2) is 0 Å². The highest BCUT2D eigenvalue weighted by Crippen LogP contribution is 2.31. The number of rotatable bonds is 5. The van der Waals surface area contributed by atoms with E-state index in [0.717, 1.165) is 44.6 Å². The molecule has 0 spiro atoms. The van der Waals surface area contributed by atoms with Gasteiger partial charge in [-0.15, -0.1) is 0 Å². The molecule has 2 aliphatic rings. The number of ether oxygens (including phenoxy) is 2. The maximum atomic E-state index is 13.0. The number of likely N-dealkylation sites (tertiary alicyclic amines) is 1. The van der Waals surface area contributed by atoms with Gasteiger partial charge in [0.1, 0.15) is 13.2 Å². The molecule has 1 atom stereocenters. The largest absolute Gasteiger partial charge is 0.486 e. The van der Waals surface area contributed by atoms with Gasteiger partial charge in [0.2, 0.25) is 0 Å².